The average Bonchev–Trinajstić information content (AvgIpc) is 2.98. The molecule has 0 radical (unpaired) electrons. The van der Waals surface area contributed by atoms with E-state index in [1.54, 1.807) is 6.20 Å². The predicted molar refractivity (Wildman–Crippen MR) is 72.9 cm³/mol. The molecule has 5 nitrogen and oxygen atoms in total. The lowest BCUT2D eigenvalue weighted by Crippen LogP contribution is -2.32. The fourth-order valence-electron chi connectivity index (χ4n) is 2.06. The summed E-state index contributed by atoms with van der Waals surface area (Å²) in [4.78, 5) is 17.9. The number of aromatic nitrogens is 1. The van der Waals surface area contributed by atoms with Gasteiger partial charge in [0.25, 0.3) is 5.91 Å². The van der Waals surface area contributed by atoms with Gasteiger partial charge >= 0.3 is 0 Å². The Morgan fingerprint density at radius 1 is 1.42 bits per heavy atom. The third-order valence-corrected chi connectivity index (χ3v) is 3.17. The molecule has 1 N–H and O–H groups in total. The minimum absolute atomic E-state index is 0.0641. The molecule has 0 saturated carbocycles. The van der Waals surface area contributed by atoms with E-state index in [2.05, 4.69) is 17.2 Å². The molecule has 1 aliphatic heterocycles. The quantitative estimate of drug-likeness (QED) is 0.837. The van der Waals surface area contributed by atoms with Crippen molar-refractivity contribution in [3.8, 4) is 5.75 Å². The van der Waals surface area contributed by atoms with Gasteiger partial charge in [0.15, 0.2) is 6.61 Å². The summed E-state index contributed by atoms with van der Waals surface area (Å²) < 4.78 is 5.47. The number of hydrogen-bond acceptors (Lipinski definition) is 4. The monoisotopic (exact) mass is 263 g/mol. The van der Waals surface area contributed by atoms with E-state index in [-0.39, 0.29) is 12.5 Å². The van der Waals surface area contributed by atoms with Crippen LogP contribution in [0.4, 0.5) is 0 Å². The van der Waals surface area contributed by atoms with E-state index in [4.69, 9.17) is 4.74 Å². The molecule has 0 spiro atoms. The Labute approximate surface area is 114 Å². The number of hydrogen-bond donors (Lipinski definition) is 1. The molecule has 1 aliphatic rings. The summed E-state index contributed by atoms with van der Waals surface area (Å²) in [7, 11) is 0. The minimum atomic E-state index is 0.0641. The third-order valence-electron chi connectivity index (χ3n) is 3.17. The van der Waals surface area contributed by atoms with Crippen LogP contribution in [0.5, 0.6) is 5.75 Å². The summed E-state index contributed by atoms with van der Waals surface area (Å²) in [6, 6.07) is 3.77. The maximum absolute atomic E-state index is 11.8. The Balaban J connectivity index is 1.77. The second-order valence-electron chi connectivity index (χ2n) is 4.64. The Morgan fingerprint density at radius 3 is 2.84 bits per heavy atom. The molecule has 5 heteroatoms. The van der Waals surface area contributed by atoms with Gasteiger partial charge in [0.05, 0.1) is 11.9 Å². The zero-order chi connectivity index (χ0) is 13.5. The predicted octanol–water partition coefficient (Wildman–Crippen LogP) is 1.19. The van der Waals surface area contributed by atoms with Crippen molar-refractivity contribution in [3.63, 3.8) is 0 Å². The number of amides is 1. The van der Waals surface area contributed by atoms with Crippen molar-refractivity contribution in [3.05, 3.63) is 24.0 Å². The Bertz CT molecular complexity index is 400. The first-order chi connectivity index (χ1) is 9.29. The van der Waals surface area contributed by atoms with E-state index in [1.807, 2.05) is 17.0 Å². The molecule has 0 bridgehead atoms. The van der Waals surface area contributed by atoms with Crippen molar-refractivity contribution in [1.29, 1.82) is 0 Å². The number of nitrogens with zero attached hydrogens (tertiary/aromatic N) is 2. The number of nitrogens with one attached hydrogen (secondary N) is 1. The standard InChI is InChI=1S/C14H21N3O2/c1-2-15-9-12-5-6-13(10-16-12)19-11-14(18)17-7-3-4-8-17/h5-6,10,15H,2-4,7-9,11H2,1H3. The fraction of sp³-hybridized carbons (Fsp3) is 0.571. The molecule has 0 unspecified atom stereocenters. The summed E-state index contributed by atoms with van der Waals surface area (Å²) in [6.07, 6.45) is 3.88. The first kappa shape index (κ1) is 13.8. The van der Waals surface area contributed by atoms with Crippen LogP contribution in [0, 0.1) is 0 Å². The van der Waals surface area contributed by atoms with Crippen molar-refractivity contribution in [1.82, 2.24) is 15.2 Å². The van der Waals surface area contributed by atoms with Crippen molar-refractivity contribution < 1.29 is 9.53 Å². The van der Waals surface area contributed by atoms with Crippen LogP contribution in [0.15, 0.2) is 18.3 Å². The zero-order valence-electron chi connectivity index (χ0n) is 11.4. The van der Waals surface area contributed by atoms with E-state index >= 15 is 0 Å². The topological polar surface area (TPSA) is 54.5 Å². The van der Waals surface area contributed by atoms with Crippen LogP contribution in [-0.2, 0) is 11.3 Å². The van der Waals surface area contributed by atoms with Crippen LogP contribution in [0.25, 0.3) is 0 Å². The molecule has 104 valence electrons. The van der Waals surface area contributed by atoms with Crippen molar-refractivity contribution in [2.45, 2.75) is 26.3 Å². The molecule has 1 aromatic heterocycles. The lowest BCUT2D eigenvalue weighted by molar-refractivity contribution is -0.132. The zero-order valence-corrected chi connectivity index (χ0v) is 11.4. The molecule has 2 rings (SSSR count). The second kappa shape index (κ2) is 7.09. The largest absolute Gasteiger partial charge is 0.482 e. The summed E-state index contributed by atoms with van der Waals surface area (Å²) in [5, 5.41) is 3.21. The summed E-state index contributed by atoms with van der Waals surface area (Å²) in [5.41, 5.74) is 0.972. The van der Waals surface area contributed by atoms with Crippen LogP contribution in [0.2, 0.25) is 0 Å². The smallest absolute Gasteiger partial charge is 0.260 e. The van der Waals surface area contributed by atoms with Gasteiger partial charge in [-0.2, -0.15) is 0 Å². The van der Waals surface area contributed by atoms with Crippen molar-refractivity contribution >= 4 is 5.91 Å². The highest BCUT2D eigenvalue weighted by Gasteiger charge is 2.17. The molecule has 1 fully saturated rings. The maximum Gasteiger partial charge on any atom is 0.260 e. The number of rotatable bonds is 6. The van der Waals surface area contributed by atoms with E-state index in [0.717, 1.165) is 44.7 Å². The SMILES string of the molecule is CCNCc1ccc(OCC(=O)N2CCCC2)cn1. The number of carbonyl (C=O) groups excluding carboxylic acids is 1. The minimum Gasteiger partial charge on any atom is -0.482 e. The van der Waals surface area contributed by atoms with Gasteiger partial charge in [-0.05, 0) is 31.5 Å². The number of likely N-dealkylation sites (tertiary alicyclic amines) is 1. The number of ether oxygens (including phenoxy) is 1. The Morgan fingerprint density at radius 2 is 2.21 bits per heavy atom. The second-order valence-corrected chi connectivity index (χ2v) is 4.64. The molecule has 0 aromatic carbocycles. The van der Waals surface area contributed by atoms with Gasteiger partial charge in [-0.25, -0.2) is 0 Å². The molecule has 0 atom stereocenters. The van der Waals surface area contributed by atoms with Crippen LogP contribution in [0.1, 0.15) is 25.5 Å². The normalized spacial score (nSPS) is 14.7. The summed E-state index contributed by atoms with van der Waals surface area (Å²) in [5.74, 6) is 0.710. The van der Waals surface area contributed by atoms with Crippen LogP contribution in [-0.4, -0.2) is 42.0 Å². The van der Waals surface area contributed by atoms with Gasteiger partial charge in [0.2, 0.25) is 0 Å². The van der Waals surface area contributed by atoms with E-state index in [0.29, 0.717) is 5.75 Å². The summed E-state index contributed by atoms with van der Waals surface area (Å²) >= 11 is 0. The van der Waals surface area contributed by atoms with Crippen molar-refractivity contribution in [2.75, 3.05) is 26.2 Å². The maximum atomic E-state index is 11.8. The molecular formula is C14H21N3O2. The number of carbonyl (C=O) groups is 1. The lowest BCUT2D eigenvalue weighted by atomic mass is 10.3. The molecule has 1 amide bonds. The summed E-state index contributed by atoms with van der Waals surface area (Å²) in [6.45, 7) is 5.56. The van der Waals surface area contributed by atoms with E-state index in [9.17, 15) is 4.79 Å². The molecule has 19 heavy (non-hydrogen) atoms. The van der Waals surface area contributed by atoms with Gasteiger partial charge in [0, 0.05) is 19.6 Å². The van der Waals surface area contributed by atoms with Gasteiger partial charge in [-0.3, -0.25) is 9.78 Å². The van der Waals surface area contributed by atoms with Crippen LogP contribution in [0.3, 0.4) is 0 Å². The highest BCUT2D eigenvalue weighted by Crippen LogP contribution is 2.11. The number of pyridine rings is 1. The highest BCUT2D eigenvalue weighted by molar-refractivity contribution is 5.77. The Kier molecular flexibility index (Phi) is 5.15. The van der Waals surface area contributed by atoms with E-state index in [1.165, 1.54) is 0 Å². The third kappa shape index (κ3) is 4.21. The van der Waals surface area contributed by atoms with Crippen LogP contribution < -0.4 is 10.1 Å². The van der Waals surface area contributed by atoms with Crippen LogP contribution >= 0.6 is 0 Å². The fourth-order valence-corrected chi connectivity index (χ4v) is 2.06. The Hall–Kier alpha value is -1.62. The van der Waals surface area contributed by atoms with Gasteiger partial charge in [0.1, 0.15) is 5.75 Å². The molecule has 2 heterocycles. The van der Waals surface area contributed by atoms with E-state index < -0.39 is 0 Å². The first-order valence-corrected chi connectivity index (χ1v) is 6.86. The van der Waals surface area contributed by atoms with Crippen molar-refractivity contribution in [2.24, 2.45) is 0 Å². The average molecular weight is 263 g/mol. The van der Waals surface area contributed by atoms with Gasteiger partial charge < -0.3 is 15.0 Å². The molecule has 0 aliphatic carbocycles. The first-order valence-electron chi connectivity index (χ1n) is 6.86. The lowest BCUT2D eigenvalue weighted by Gasteiger charge is -2.15. The van der Waals surface area contributed by atoms with Gasteiger partial charge in [-0.15, -0.1) is 0 Å². The molecule has 1 aromatic rings. The van der Waals surface area contributed by atoms with Gasteiger partial charge in [-0.1, -0.05) is 6.92 Å². The molecule has 1 saturated heterocycles. The highest BCUT2D eigenvalue weighted by atomic mass is 16.5. The molecular weight excluding hydrogens is 242 g/mol.